The Kier molecular flexibility index (Phi) is 5.94. The van der Waals surface area contributed by atoms with Crippen molar-refractivity contribution in [3.63, 3.8) is 0 Å². The number of nitrogens with one attached hydrogen (secondary N) is 1. The summed E-state index contributed by atoms with van der Waals surface area (Å²) in [5, 5.41) is 3.12. The summed E-state index contributed by atoms with van der Waals surface area (Å²) in [6.07, 6.45) is -3.17. The first kappa shape index (κ1) is 19.8. The van der Waals surface area contributed by atoms with Gasteiger partial charge >= 0.3 is 6.18 Å². The summed E-state index contributed by atoms with van der Waals surface area (Å²) in [4.78, 5) is 20.3. The first-order valence-corrected chi connectivity index (χ1v) is 8.69. The quantitative estimate of drug-likeness (QED) is 0.655. The molecule has 2 aromatic carbocycles. The molecule has 0 saturated heterocycles. The van der Waals surface area contributed by atoms with Crippen molar-refractivity contribution in [3.05, 3.63) is 88.3 Å². The van der Waals surface area contributed by atoms with Crippen molar-refractivity contribution in [1.29, 1.82) is 0 Å². The first-order valence-electron chi connectivity index (χ1n) is 8.31. The van der Waals surface area contributed by atoms with Gasteiger partial charge < -0.3 is 5.32 Å². The van der Waals surface area contributed by atoms with Gasteiger partial charge in [-0.25, -0.2) is 9.97 Å². The van der Waals surface area contributed by atoms with Gasteiger partial charge in [0.05, 0.1) is 17.7 Å². The van der Waals surface area contributed by atoms with Crippen molar-refractivity contribution in [2.75, 3.05) is 5.32 Å². The van der Waals surface area contributed by atoms with Crippen molar-refractivity contribution in [2.24, 2.45) is 0 Å². The molecule has 0 aliphatic heterocycles. The van der Waals surface area contributed by atoms with Crippen LogP contribution in [-0.2, 0) is 23.8 Å². The average Bonchev–Trinajstić information content (AvgIpc) is 2.61. The van der Waals surface area contributed by atoms with Crippen molar-refractivity contribution >= 4 is 23.3 Å². The van der Waals surface area contributed by atoms with Crippen LogP contribution in [0, 0.1) is 0 Å². The van der Waals surface area contributed by atoms with Crippen molar-refractivity contribution in [2.45, 2.75) is 19.0 Å². The van der Waals surface area contributed by atoms with E-state index in [1.807, 2.05) is 12.1 Å². The smallest absolute Gasteiger partial charge is 0.310 e. The highest BCUT2D eigenvalue weighted by atomic mass is 35.5. The molecule has 0 atom stereocenters. The van der Waals surface area contributed by atoms with Crippen LogP contribution in [0.5, 0.6) is 0 Å². The van der Waals surface area contributed by atoms with E-state index in [-0.39, 0.29) is 11.4 Å². The summed E-state index contributed by atoms with van der Waals surface area (Å²) in [6.45, 7) is 0. The zero-order valence-electron chi connectivity index (χ0n) is 14.5. The maximum Gasteiger partial charge on any atom is 0.416 e. The van der Waals surface area contributed by atoms with Gasteiger partial charge in [-0.05, 0) is 29.3 Å². The van der Waals surface area contributed by atoms with Gasteiger partial charge in [0, 0.05) is 17.5 Å². The first-order chi connectivity index (χ1) is 13.3. The fourth-order valence-electron chi connectivity index (χ4n) is 2.73. The van der Waals surface area contributed by atoms with E-state index in [4.69, 9.17) is 11.6 Å². The molecule has 28 heavy (non-hydrogen) atoms. The second-order valence-corrected chi connectivity index (χ2v) is 6.52. The van der Waals surface area contributed by atoms with Crippen LogP contribution >= 0.6 is 11.6 Å². The Balaban J connectivity index is 1.70. The maximum atomic E-state index is 13.1. The van der Waals surface area contributed by atoms with Gasteiger partial charge in [0.15, 0.2) is 0 Å². The van der Waals surface area contributed by atoms with Crippen LogP contribution < -0.4 is 5.32 Å². The molecule has 1 aromatic heterocycles. The predicted octanol–water partition coefficient (Wildman–Crippen LogP) is 4.92. The Morgan fingerprint density at radius 3 is 2.57 bits per heavy atom. The fourth-order valence-corrected chi connectivity index (χ4v) is 2.94. The summed E-state index contributed by atoms with van der Waals surface area (Å²) in [6, 6.07) is 13.8. The van der Waals surface area contributed by atoms with Crippen molar-refractivity contribution in [3.8, 4) is 0 Å². The summed E-state index contributed by atoms with van der Waals surface area (Å²) >= 11 is 5.96. The van der Waals surface area contributed by atoms with Gasteiger partial charge in [0.25, 0.3) is 0 Å². The molecule has 0 bridgehead atoms. The molecule has 1 heterocycles. The van der Waals surface area contributed by atoms with Crippen LogP contribution in [0.15, 0.2) is 60.9 Å². The molecule has 0 aliphatic rings. The summed E-state index contributed by atoms with van der Waals surface area (Å²) in [7, 11) is 0. The normalized spacial score (nSPS) is 11.3. The fraction of sp³-hybridized carbons (Fsp3) is 0.150. The summed E-state index contributed by atoms with van der Waals surface area (Å²) < 4.78 is 39.2. The number of halogens is 4. The number of benzene rings is 2. The Hall–Kier alpha value is -2.93. The van der Waals surface area contributed by atoms with E-state index < -0.39 is 24.1 Å². The van der Waals surface area contributed by atoms with E-state index in [2.05, 4.69) is 15.3 Å². The van der Waals surface area contributed by atoms with Crippen molar-refractivity contribution < 1.29 is 18.0 Å². The zero-order chi connectivity index (χ0) is 20.1. The Morgan fingerprint density at radius 2 is 1.82 bits per heavy atom. The van der Waals surface area contributed by atoms with Gasteiger partial charge in [-0.15, -0.1) is 0 Å². The zero-order valence-corrected chi connectivity index (χ0v) is 15.3. The second kappa shape index (κ2) is 8.39. The molecule has 1 amide bonds. The highest BCUT2D eigenvalue weighted by Gasteiger charge is 2.33. The maximum absolute atomic E-state index is 13.1. The largest absolute Gasteiger partial charge is 0.416 e. The predicted molar refractivity (Wildman–Crippen MR) is 100 cm³/mol. The van der Waals surface area contributed by atoms with Crippen LogP contribution in [0.2, 0.25) is 5.02 Å². The molecule has 0 aliphatic carbocycles. The lowest BCUT2D eigenvalue weighted by molar-refractivity contribution is -0.138. The number of amides is 1. The lowest BCUT2D eigenvalue weighted by Crippen LogP contribution is -2.18. The molecule has 8 heteroatoms. The van der Waals surface area contributed by atoms with Gasteiger partial charge in [-0.2, -0.15) is 13.2 Å². The monoisotopic (exact) mass is 405 g/mol. The molecule has 0 unspecified atom stereocenters. The van der Waals surface area contributed by atoms with Crippen molar-refractivity contribution in [1.82, 2.24) is 9.97 Å². The molecular weight excluding hydrogens is 391 g/mol. The minimum atomic E-state index is -4.52. The third kappa shape index (κ3) is 5.29. The summed E-state index contributed by atoms with van der Waals surface area (Å²) in [5.41, 5.74) is 0.654. The molecule has 1 N–H and O–H groups in total. The number of carbonyl (C=O) groups is 1. The highest BCUT2D eigenvalue weighted by molar-refractivity contribution is 6.30. The number of alkyl halides is 3. The van der Waals surface area contributed by atoms with E-state index in [1.165, 1.54) is 24.5 Å². The third-order valence-corrected chi connectivity index (χ3v) is 4.17. The highest BCUT2D eigenvalue weighted by Crippen LogP contribution is 2.32. The Morgan fingerprint density at radius 1 is 1.04 bits per heavy atom. The Labute approximate surface area is 164 Å². The number of anilines is 1. The molecule has 0 radical (unpaired) electrons. The number of hydrogen-bond acceptors (Lipinski definition) is 3. The number of carbonyl (C=O) groups excluding carboxylic acids is 1. The van der Waals surface area contributed by atoms with Crippen LogP contribution in [0.4, 0.5) is 19.0 Å². The second-order valence-electron chi connectivity index (χ2n) is 6.08. The molecule has 3 rings (SSSR count). The average molecular weight is 406 g/mol. The standard InChI is InChI=1S/C20H15ClF3N3O/c21-15-6-3-4-13(8-15)9-16-11-18(26-12-25-16)27-19(28)10-14-5-1-2-7-17(14)20(22,23)24/h1-8,11-12H,9-10H2,(H,25,26,27,28). The van der Waals surface area contributed by atoms with E-state index in [1.54, 1.807) is 18.2 Å². The third-order valence-electron chi connectivity index (χ3n) is 3.94. The minimum absolute atomic E-state index is 0.0966. The minimum Gasteiger partial charge on any atom is -0.310 e. The van der Waals surface area contributed by atoms with E-state index in [0.717, 1.165) is 11.6 Å². The Bertz CT molecular complexity index is 992. The molecule has 0 fully saturated rings. The molecular formula is C20H15ClF3N3O. The van der Waals surface area contributed by atoms with Gasteiger partial charge in [-0.3, -0.25) is 4.79 Å². The van der Waals surface area contributed by atoms with Crippen LogP contribution in [0.25, 0.3) is 0 Å². The van der Waals surface area contributed by atoms with Gasteiger partial charge in [0.1, 0.15) is 12.1 Å². The van der Waals surface area contributed by atoms with Crippen LogP contribution in [0.3, 0.4) is 0 Å². The van der Waals surface area contributed by atoms with E-state index in [0.29, 0.717) is 17.1 Å². The lowest BCUT2D eigenvalue weighted by Gasteiger charge is -2.12. The van der Waals surface area contributed by atoms with Crippen LogP contribution in [0.1, 0.15) is 22.4 Å². The van der Waals surface area contributed by atoms with Gasteiger partial charge in [-0.1, -0.05) is 41.9 Å². The van der Waals surface area contributed by atoms with Gasteiger partial charge in [0.2, 0.25) is 5.91 Å². The number of rotatable bonds is 5. The number of hydrogen-bond donors (Lipinski definition) is 1. The molecule has 4 nitrogen and oxygen atoms in total. The lowest BCUT2D eigenvalue weighted by atomic mass is 10.0. The molecule has 0 saturated carbocycles. The number of nitrogens with zero attached hydrogens (tertiary/aromatic N) is 2. The van der Waals surface area contributed by atoms with E-state index in [9.17, 15) is 18.0 Å². The van der Waals surface area contributed by atoms with Crippen LogP contribution in [-0.4, -0.2) is 15.9 Å². The molecule has 144 valence electrons. The molecule has 3 aromatic rings. The number of aromatic nitrogens is 2. The van der Waals surface area contributed by atoms with E-state index >= 15 is 0 Å². The molecule has 0 spiro atoms. The SMILES string of the molecule is O=C(Cc1ccccc1C(F)(F)F)Nc1cc(Cc2cccc(Cl)c2)ncn1. The topological polar surface area (TPSA) is 54.9 Å². The summed E-state index contributed by atoms with van der Waals surface area (Å²) in [5.74, 6) is -0.370.